The Morgan fingerprint density at radius 2 is 2.36 bits per heavy atom. The minimum atomic E-state index is -1.85. The Morgan fingerprint density at radius 3 is 2.93 bits per heavy atom. The summed E-state index contributed by atoms with van der Waals surface area (Å²) in [5, 5.41) is 11.0. The van der Waals surface area contributed by atoms with E-state index in [-0.39, 0.29) is 19.7 Å². The van der Waals surface area contributed by atoms with Crippen LogP contribution in [0.25, 0.3) is 0 Å². The molecule has 0 saturated heterocycles. The van der Waals surface area contributed by atoms with Crippen molar-refractivity contribution in [2.24, 2.45) is 11.7 Å². The SMILES string of the molecule is NCC1C=C(F)C=CC1(F)NCCO. The van der Waals surface area contributed by atoms with Crippen LogP contribution in [0.15, 0.2) is 24.1 Å². The average molecular weight is 204 g/mol. The van der Waals surface area contributed by atoms with Gasteiger partial charge in [-0.25, -0.2) is 8.78 Å². The Balaban J connectivity index is 2.72. The lowest BCUT2D eigenvalue weighted by atomic mass is 9.92. The van der Waals surface area contributed by atoms with Gasteiger partial charge >= 0.3 is 0 Å². The molecule has 0 fully saturated rings. The van der Waals surface area contributed by atoms with E-state index in [1.807, 2.05) is 0 Å². The molecule has 14 heavy (non-hydrogen) atoms. The van der Waals surface area contributed by atoms with Gasteiger partial charge < -0.3 is 10.8 Å². The molecule has 0 aliphatic heterocycles. The number of allylic oxidation sites excluding steroid dienone is 2. The topological polar surface area (TPSA) is 58.3 Å². The van der Waals surface area contributed by atoms with E-state index >= 15 is 0 Å². The summed E-state index contributed by atoms with van der Waals surface area (Å²) in [7, 11) is 0. The lowest BCUT2D eigenvalue weighted by Gasteiger charge is -2.31. The minimum absolute atomic E-state index is 0.00664. The van der Waals surface area contributed by atoms with Gasteiger partial charge in [0.05, 0.1) is 6.61 Å². The Morgan fingerprint density at radius 1 is 1.64 bits per heavy atom. The van der Waals surface area contributed by atoms with Crippen LogP contribution in [0.3, 0.4) is 0 Å². The number of rotatable bonds is 4. The van der Waals surface area contributed by atoms with Crippen molar-refractivity contribution in [1.82, 2.24) is 5.32 Å². The van der Waals surface area contributed by atoms with Crippen LogP contribution in [0.5, 0.6) is 0 Å². The van der Waals surface area contributed by atoms with E-state index < -0.39 is 17.5 Å². The average Bonchev–Trinajstić information content (AvgIpc) is 2.19. The molecule has 0 aromatic rings. The Bertz CT molecular complexity index is 255. The summed E-state index contributed by atoms with van der Waals surface area (Å²) < 4.78 is 26.8. The molecule has 0 aromatic heterocycles. The number of aliphatic hydroxyl groups is 1. The van der Waals surface area contributed by atoms with Crippen molar-refractivity contribution < 1.29 is 13.9 Å². The molecule has 4 N–H and O–H groups in total. The third kappa shape index (κ3) is 2.37. The van der Waals surface area contributed by atoms with Gasteiger partial charge in [0.1, 0.15) is 5.83 Å². The molecular formula is C9H14F2N2O. The molecule has 1 rings (SSSR count). The molecule has 0 spiro atoms. The predicted octanol–water partition coefficient (Wildman–Crippen LogP) is 0.232. The zero-order valence-electron chi connectivity index (χ0n) is 7.71. The highest BCUT2D eigenvalue weighted by Crippen LogP contribution is 2.28. The van der Waals surface area contributed by atoms with E-state index in [4.69, 9.17) is 10.8 Å². The third-order valence-electron chi connectivity index (χ3n) is 2.15. The molecule has 1 aliphatic carbocycles. The van der Waals surface area contributed by atoms with Crippen molar-refractivity contribution in [1.29, 1.82) is 0 Å². The highest BCUT2D eigenvalue weighted by atomic mass is 19.1. The smallest absolute Gasteiger partial charge is 0.188 e. The normalized spacial score (nSPS) is 31.7. The van der Waals surface area contributed by atoms with Gasteiger partial charge in [0.25, 0.3) is 0 Å². The number of nitrogens with two attached hydrogens (primary N) is 1. The molecule has 2 atom stereocenters. The summed E-state index contributed by atoms with van der Waals surface area (Å²) in [6.45, 7) is -0.0670. The molecule has 5 heteroatoms. The van der Waals surface area contributed by atoms with E-state index in [0.29, 0.717) is 0 Å². The molecule has 0 saturated carbocycles. The van der Waals surface area contributed by atoms with Gasteiger partial charge in [-0.3, -0.25) is 5.32 Å². The number of halogens is 2. The maximum Gasteiger partial charge on any atom is 0.188 e. The highest BCUT2D eigenvalue weighted by Gasteiger charge is 2.36. The largest absolute Gasteiger partial charge is 0.395 e. The van der Waals surface area contributed by atoms with Crippen LogP contribution in [0.4, 0.5) is 8.78 Å². The Labute approximate surface area is 81.3 Å². The summed E-state index contributed by atoms with van der Waals surface area (Å²) in [4.78, 5) is 0. The van der Waals surface area contributed by atoms with Crippen LogP contribution in [0.1, 0.15) is 0 Å². The predicted molar refractivity (Wildman–Crippen MR) is 49.8 cm³/mol. The van der Waals surface area contributed by atoms with Crippen molar-refractivity contribution in [3.63, 3.8) is 0 Å². The molecule has 1 aliphatic rings. The van der Waals surface area contributed by atoms with E-state index in [9.17, 15) is 8.78 Å². The summed E-state index contributed by atoms with van der Waals surface area (Å²) in [6.07, 6.45) is 3.29. The fourth-order valence-corrected chi connectivity index (χ4v) is 1.37. The molecule has 0 bridgehead atoms. The van der Waals surface area contributed by atoms with Crippen LogP contribution in [-0.2, 0) is 0 Å². The van der Waals surface area contributed by atoms with Gasteiger partial charge in [0.2, 0.25) is 0 Å². The zero-order valence-corrected chi connectivity index (χ0v) is 7.71. The quantitative estimate of drug-likeness (QED) is 0.575. The lowest BCUT2D eigenvalue weighted by Crippen LogP contribution is -2.49. The van der Waals surface area contributed by atoms with Crippen LogP contribution < -0.4 is 11.1 Å². The number of hydrogen-bond donors (Lipinski definition) is 3. The van der Waals surface area contributed by atoms with Crippen LogP contribution in [-0.4, -0.2) is 30.6 Å². The second kappa shape index (κ2) is 4.63. The molecular weight excluding hydrogens is 190 g/mol. The fourth-order valence-electron chi connectivity index (χ4n) is 1.37. The van der Waals surface area contributed by atoms with Gasteiger partial charge in [-0.15, -0.1) is 0 Å². The first-order valence-electron chi connectivity index (χ1n) is 4.44. The molecule has 0 aromatic carbocycles. The number of nitrogens with one attached hydrogen (secondary N) is 1. The second-order valence-corrected chi connectivity index (χ2v) is 3.15. The zero-order chi connectivity index (χ0) is 10.6. The van der Waals surface area contributed by atoms with E-state index in [1.54, 1.807) is 0 Å². The molecule has 0 heterocycles. The summed E-state index contributed by atoms with van der Waals surface area (Å²) >= 11 is 0. The first-order chi connectivity index (χ1) is 6.62. The maximum absolute atomic E-state index is 14.0. The van der Waals surface area contributed by atoms with Gasteiger partial charge in [-0.2, -0.15) is 0 Å². The van der Waals surface area contributed by atoms with Crippen molar-refractivity contribution in [2.75, 3.05) is 19.7 Å². The van der Waals surface area contributed by atoms with Gasteiger partial charge in [0.15, 0.2) is 5.79 Å². The molecule has 3 nitrogen and oxygen atoms in total. The maximum atomic E-state index is 14.0. The number of aliphatic hydroxyl groups excluding tert-OH is 1. The summed E-state index contributed by atoms with van der Waals surface area (Å²) in [5.74, 6) is -3.08. The first-order valence-corrected chi connectivity index (χ1v) is 4.44. The lowest BCUT2D eigenvalue weighted by molar-refractivity contribution is 0.110. The number of hydrogen-bond acceptors (Lipinski definition) is 3. The Kier molecular flexibility index (Phi) is 3.74. The molecule has 0 radical (unpaired) electrons. The van der Waals surface area contributed by atoms with Gasteiger partial charge in [-0.1, -0.05) is 0 Å². The van der Waals surface area contributed by atoms with Crippen molar-refractivity contribution >= 4 is 0 Å². The molecule has 0 amide bonds. The summed E-state index contributed by atoms with van der Waals surface area (Å²) in [5.41, 5.74) is 5.33. The summed E-state index contributed by atoms with van der Waals surface area (Å²) in [6, 6.07) is 0. The Hall–Kier alpha value is -0.780. The van der Waals surface area contributed by atoms with Gasteiger partial charge in [-0.05, 0) is 18.2 Å². The monoisotopic (exact) mass is 204 g/mol. The van der Waals surface area contributed by atoms with Crippen LogP contribution in [0.2, 0.25) is 0 Å². The van der Waals surface area contributed by atoms with Crippen molar-refractivity contribution in [2.45, 2.75) is 5.79 Å². The molecule has 2 unspecified atom stereocenters. The first kappa shape index (κ1) is 11.3. The van der Waals surface area contributed by atoms with E-state index in [2.05, 4.69) is 5.32 Å². The highest BCUT2D eigenvalue weighted by molar-refractivity contribution is 5.25. The second-order valence-electron chi connectivity index (χ2n) is 3.15. The van der Waals surface area contributed by atoms with Crippen LogP contribution >= 0.6 is 0 Å². The fraction of sp³-hybridized carbons (Fsp3) is 0.556. The van der Waals surface area contributed by atoms with Gasteiger partial charge in [0, 0.05) is 19.0 Å². The third-order valence-corrected chi connectivity index (χ3v) is 2.15. The van der Waals surface area contributed by atoms with E-state index in [0.717, 1.165) is 18.2 Å². The van der Waals surface area contributed by atoms with Crippen LogP contribution in [0, 0.1) is 5.92 Å². The van der Waals surface area contributed by atoms with E-state index in [1.165, 1.54) is 0 Å². The minimum Gasteiger partial charge on any atom is -0.395 e. The standard InChI is InChI=1S/C9H14F2N2O/c10-8-1-2-9(11,13-3-4-14)7(5-8)6-12/h1-2,5,7,13-14H,3-4,6,12H2. The number of alkyl halides is 1. The van der Waals surface area contributed by atoms with Crippen molar-refractivity contribution in [3.05, 3.63) is 24.1 Å². The van der Waals surface area contributed by atoms with Crippen molar-refractivity contribution in [3.8, 4) is 0 Å². The molecule has 80 valence electrons.